The van der Waals surface area contributed by atoms with Gasteiger partial charge in [0.15, 0.2) is 0 Å². The van der Waals surface area contributed by atoms with Crippen LogP contribution in [-0.2, 0) is 13.6 Å². The van der Waals surface area contributed by atoms with Gasteiger partial charge in [0.05, 0.1) is 23.1 Å². The van der Waals surface area contributed by atoms with Crippen molar-refractivity contribution in [2.24, 2.45) is 12.8 Å². The van der Waals surface area contributed by atoms with Gasteiger partial charge in [-0.3, -0.25) is 19.0 Å². The molecule has 8 heteroatoms. The lowest BCUT2D eigenvalue weighted by Crippen LogP contribution is -2.20. The Morgan fingerprint density at radius 2 is 2.05 bits per heavy atom. The van der Waals surface area contributed by atoms with Crippen LogP contribution >= 0.6 is 0 Å². The second-order valence-electron chi connectivity index (χ2n) is 4.71. The van der Waals surface area contributed by atoms with E-state index >= 15 is 0 Å². The summed E-state index contributed by atoms with van der Waals surface area (Å²) < 4.78 is 3.08. The van der Waals surface area contributed by atoms with E-state index in [4.69, 9.17) is 5.73 Å². The van der Waals surface area contributed by atoms with Gasteiger partial charge in [0.25, 0.3) is 11.8 Å². The molecule has 0 saturated heterocycles. The second kappa shape index (κ2) is 5.39. The highest BCUT2D eigenvalue weighted by Crippen LogP contribution is 2.18. The normalized spacial score (nSPS) is 10.7. The molecule has 0 spiro atoms. The summed E-state index contributed by atoms with van der Waals surface area (Å²) in [7, 11) is 1.58. The number of nitrogens with one attached hydrogen (secondary N) is 1. The molecule has 0 aliphatic carbocycles. The number of primary amides is 1. The van der Waals surface area contributed by atoms with Gasteiger partial charge in [-0.2, -0.15) is 10.2 Å². The summed E-state index contributed by atoms with van der Waals surface area (Å²) in [6.45, 7) is 6.23. The number of hydrogen-bond donors (Lipinski definition) is 2. The van der Waals surface area contributed by atoms with Crippen molar-refractivity contribution in [3.63, 3.8) is 0 Å². The van der Waals surface area contributed by atoms with Crippen LogP contribution in [0.15, 0.2) is 6.20 Å². The number of carbonyl (C=O) groups is 2. The highest BCUT2D eigenvalue weighted by Gasteiger charge is 2.21. The summed E-state index contributed by atoms with van der Waals surface area (Å²) in [6, 6.07) is 0. The molecule has 2 amide bonds. The van der Waals surface area contributed by atoms with Crippen LogP contribution in [0.3, 0.4) is 0 Å². The fourth-order valence-corrected chi connectivity index (χ4v) is 2.34. The third-order valence-corrected chi connectivity index (χ3v) is 3.33. The van der Waals surface area contributed by atoms with Crippen molar-refractivity contribution in [3.8, 4) is 0 Å². The molecule has 0 atom stereocenters. The van der Waals surface area contributed by atoms with E-state index in [-0.39, 0.29) is 17.3 Å². The summed E-state index contributed by atoms with van der Waals surface area (Å²) >= 11 is 0. The number of rotatable bonds is 4. The standard InChI is InChI=1S/C13H18N6O2/c1-5-19-8(3)10(7(2)17-19)13(21)16-9-6-15-18(4)11(9)12(14)20/h6H,5H2,1-4H3,(H2,14,20)(H,16,21). The third kappa shape index (κ3) is 2.51. The molecule has 0 saturated carbocycles. The zero-order valence-corrected chi connectivity index (χ0v) is 12.5. The van der Waals surface area contributed by atoms with Gasteiger partial charge >= 0.3 is 0 Å². The summed E-state index contributed by atoms with van der Waals surface area (Å²) in [5.41, 5.74) is 7.64. The zero-order valence-electron chi connectivity index (χ0n) is 12.5. The van der Waals surface area contributed by atoms with E-state index in [0.29, 0.717) is 17.8 Å². The van der Waals surface area contributed by atoms with Crippen molar-refractivity contribution in [2.45, 2.75) is 27.3 Å². The predicted octanol–water partition coefficient (Wildman–Crippen LogP) is 0.605. The van der Waals surface area contributed by atoms with E-state index in [1.165, 1.54) is 10.9 Å². The number of nitrogens with zero attached hydrogens (tertiary/aromatic N) is 4. The van der Waals surface area contributed by atoms with Crippen LogP contribution in [0.1, 0.15) is 39.2 Å². The van der Waals surface area contributed by atoms with Gasteiger partial charge < -0.3 is 11.1 Å². The van der Waals surface area contributed by atoms with Crippen LogP contribution in [0.2, 0.25) is 0 Å². The highest BCUT2D eigenvalue weighted by molar-refractivity contribution is 6.09. The minimum Gasteiger partial charge on any atom is -0.364 e. The van der Waals surface area contributed by atoms with Crippen LogP contribution in [0.4, 0.5) is 5.69 Å². The quantitative estimate of drug-likeness (QED) is 0.859. The van der Waals surface area contributed by atoms with Gasteiger partial charge in [0, 0.05) is 19.3 Å². The third-order valence-electron chi connectivity index (χ3n) is 3.33. The first kappa shape index (κ1) is 14.8. The van der Waals surface area contributed by atoms with E-state index in [1.807, 2.05) is 13.8 Å². The molecule has 0 aromatic carbocycles. The molecular weight excluding hydrogens is 272 g/mol. The van der Waals surface area contributed by atoms with E-state index in [9.17, 15) is 9.59 Å². The summed E-state index contributed by atoms with van der Waals surface area (Å²) in [5, 5.41) is 10.9. The molecule has 0 unspecified atom stereocenters. The number of aromatic nitrogens is 4. The lowest BCUT2D eigenvalue weighted by atomic mass is 10.2. The monoisotopic (exact) mass is 290 g/mol. The first-order valence-electron chi connectivity index (χ1n) is 6.54. The molecule has 112 valence electrons. The Hall–Kier alpha value is -2.64. The summed E-state index contributed by atoms with van der Waals surface area (Å²) in [6.07, 6.45) is 1.40. The van der Waals surface area contributed by atoms with Crippen molar-refractivity contribution >= 4 is 17.5 Å². The van der Waals surface area contributed by atoms with Gasteiger partial charge in [0.1, 0.15) is 5.69 Å². The number of amides is 2. The Balaban J connectivity index is 2.35. The van der Waals surface area contributed by atoms with Gasteiger partial charge in [-0.25, -0.2) is 0 Å². The molecule has 0 fully saturated rings. The number of carbonyl (C=O) groups excluding carboxylic acids is 2. The lowest BCUT2D eigenvalue weighted by Gasteiger charge is -2.06. The molecule has 0 aliphatic rings. The van der Waals surface area contributed by atoms with Gasteiger partial charge in [-0.1, -0.05) is 0 Å². The Kier molecular flexibility index (Phi) is 3.79. The average molecular weight is 290 g/mol. The number of nitrogens with two attached hydrogens (primary N) is 1. The first-order valence-corrected chi connectivity index (χ1v) is 6.54. The maximum absolute atomic E-state index is 12.4. The molecule has 0 aliphatic heterocycles. The van der Waals surface area contributed by atoms with Crippen molar-refractivity contribution < 1.29 is 9.59 Å². The fraction of sp³-hybridized carbons (Fsp3) is 0.385. The van der Waals surface area contributed by atoms with Crippen molar-refractivity contribution in [2.75, 3.05) is 5.32 Å². The molecule has 3 N–H and O–H groups in total. The fourth-order valence-electron chi connectivity index (χ4n) is 2.34. The predicted molar refractivity (Wildman–Crippen MR) is 77.1 cm³/mol. The van der Waals surface area contributed by atoms with Crippen LogP contribution in [0.5, 0.6) is 0 Å². The maximum Gasteiger partial charge on any atom is 0.269 e. The molecule has 21 heavy (non-hydrogen) atoms. The Bertz CT molecular complexity index is 713. The molecule has 2 heterocycles. The largest absolute Gasteiger partial charge is 0.364 e. The minimum atomic E-state index is -0.650. The minimum absolute atomic E-state index is 0.154. The van der Waals surface area contributed by atoms with Crippen LogP contribution < -0.4 is 11.1 Å². The SMILES string of the molecule is CCn1nc(C)c(C(=O)Nc2cnn(C)c2C(N)=O)c1C. The Labute approximate surface area is 121 Å². The van der Waals surface area contributed by atoms with E-state index in [0.717, 1.165) is 5.69 Å². The summed E-state index contributed by atoms with van der Waals surface area (Å²) in [4.78, 5) is 23.8. The first-order chi connectivity index (χ1) is 9.86. The van der Waals surface area contributed by atoms with Crippen molar-refractivity contribution in [3.05, 3.63) is 28.8 Å². The second-order valence-corrected chi connectivity index (χ2v) is 4.71. The molecule has 8 nitrogen and oxygen atoms in total. The summed E-state index contributed by atoms with van der Waals surface area (Å²) in [5.74, 6) is -0.983. The number of anilines is 1. The Morgan fingerprint density at radius 3 is 2.57 bits per heavy atom. The number of aryl methyl sites for hydroxylation is 3. The maximum atomic E-state index is 12.4. The number of hydrogen-bond acceptors (Lipinski definition) is 4. The lowest BCUT2D eigenvalue weighted by molar-refractivity contribution is 0.0992. The molecule has 2 rings (SSSR count). The zero-order chi connectivity index (χ0) is 15.7. The van der Waals surface area contributed by atoms with E-state index in [2.05, 4.69) is 15.5 Å². The van der Waals surface area contributed by atoms with Crippen LogP contribution in [0.25, 0.3) is 0 Å². The molecule has 0 radical (unpaired) electrons. The van der Waals surface area contributed by atoms with Gasteiger partial charge in [-0.15, -0.1) is 0 Å². The molecule has 0 bridgehead atoms. The molecular formula is C13H18N6O2. The van der Waals surface area contributed by atoms with Gasteiger partial charge in [0.2, 0.25) is 0 Å². The highest BCUT2D eigenvalue weighted by atomic mass is 16.2. The smallest absolute Gasteiger partial charge is 0.269 e. The van der Waals surface area contributed by atoms with Gasteiger partial charge in [-0.05, 0) is 20.8 Å². The average Bonchev–Trinajstić information content (AvgIpc) is 2.89. The van der Waals surface area contributed by atoms with E-state index in [1.54, 1.807) is 18.7 Å². The Morgan fingerprint density at radius 1 is 1.38 bits per heavy atom. The van der Waals surface area contributed by atoms with Crippen molar-refractivity contribution in [1.29, 1.82) is 0 Å². The van der Waals surface area contributed by atoms with Crippen LogP contribution in [-0.4, -0.2) is 31.4 Å². The molecule has 2 aromatic rings. The molecule has 2 aromatic heterocycles. The van der Waals surface area contributed by atoms with Crippen LogP contribution in [0, 0.1) is 13.8 Å². The topological polar surface area (TPSA) is 108 Å². The van der Waals surface area contributed by atoms with E-state index < -0.39 is 5.91 Å². The van der Waals surface area contributed by atoms with Crippen molar-refractivity contribution in [1.82, 2.24) is 19.6 Å².